The van der Waals surface area contributed by atoms with Gasteiger partial charge in [-0.1, -0.05) is 13.8 Å². The maximum Gasteiger partial charge on any atom is 0.150 e. The van der Waals surface area contributed by atoms with E-state index >= 15 is 0 Å². The molecule has 0 spiro atoms. The van der Waals surface area contributed by atoms with Crippen LogP contribution in [0.4, 0.5) is 0 Å². The van der Waals surface area contributed by atoms with Crippen molar-refractivity contribution in [2.75, 3.05) is 11.5 Å². The first-order valence-corrected chi connectivity index (χ1v) is 8.99. The fourth-order valence-electron chi connectivity index (χ4n) is 3.46. The van der Waals surface area contributed by atoms with Crippen LogP contribution in [0.15, 0.2) is 0 Å². The molecule has 0 radical (unpaired) electrons. The summed E-state index contributed by atoms with van der Waals surface area (Å²) in [7, 11) is -2.76. The molecule has 1 aliphatic carbocycles. The maximum absolute atomic E-state index is 11.6. The lowest BCUT2D eigenvalue weighted by atomic mass is 9.71. The van der Waals surface area contributed by atoms with Gasteiger partial charge in [0.25, 0.3) is 0 Å². The molecule has 2 aliphatic rings. The molecular formula is C13H23ClO2S. The molecule has 4 atom stereocenters. The van der Waals surface area contributed by atoms with Crippen molar-refractivity contribution in [3.63, 3.8) is 0 Å². The second kappa shape index (κ2) is 5.08. The van der Waals surface area contributed by atoms with Crippen molar-refractivity contribution in [2.45, 2.75) is 44.9 Å². The van der Waals surface area contributed by atoms with Gasteiger partial charge < -0.3 is 0 Å². The first-order valence-electron chi connectivity index (χ1n) is 6.73. The lowest BCUT2D eigenvalue weighted by molar-refractivity contribution is 0.177. The van der Waals surface area contributed by atoms with Crippen LogP contribution in [0.3, 0.4) is 0 Å². The van der Waals surface area contributed by atoms with Crippen molar-refractivity contribution >= 4 is 21.4 Å². The Kier molecular flexibility index (Phi) is 4.09. The Hall–Kier alpha value is 0.240. The summed E-state index contributed by atoms with van der Waals surface area (Å²) in [5.41, 5.74) is 0. The number of rotatable bonds is 2. The molecular weight excluding hydrogens is 256 g/mol. The van der Waals surface area contributed by atoms with E-state index in [2.05, 4.69) is 13.8 Å². The normalized spacial score (nSPS) is 41.9. The molecule has 100 valence electrons. The Morgan fingerprint density at radius 2 is 1.88 bits per heavy atom. The molecule has 2 fully saturated rings. The molecule has 0 amide bonds. The Morgan fingerprint density at radius 3 is 2.41 bits per heavy atom. The van der Waals surface area contributed by atoms with Crippen LogP contribution in [0, 0.1) is 23.7 Å². The average Bonchev–Trinajstić information content (AvgIpc) is 2.59. The van der Waals surface area contributed by atoms with E-state index in [0.29, 0.717) is 29.3 Å². The number of sulfone groups is 1. The van der Waals surface area contributed by atoms with Crippen LogP contribution in [-0.4, -0.2) is 25.3 Å². The molecule has 0 bridgehead atoms. The van der Waals surface area contributed by atoms with Crippen LogP contribution in [0.5, 0.6) is 0 Å². The molecule has 4 heteroatoms. The molecule has 1 aliphatic heterocycles. The molecule has 1 saturated carbocycles. The number of hydrogen-bond acceptors (Lipinski definition) is 2. The molecule has 0 N–H and O–H groups in total. The predicted octanol–water partition coefficient (Wildman–Crippen LogP) is 3.10. The summed E-state index contributed by atoms with van der Waals surface area (Å²) in [6, 6.07) is 0. The topological polar surface area (TPSA) is 34.1 Å². The zero-order valence-corrected chi connectivity index (χ0v) is 12.3. The van der Waals surface area contributed by atoms with Gasteiger partial charge in [-0.3, -0.25) is 0 Å². The van der Waals surface area contributed by atoms with E-state index in [1.54, 1.807) is 0 Å². The zero-order chi connectivity index (χ0) is 12.6. The molecule has 0 aromatic rings. The van der Waals surface area contributed by atoms with Gasteiger partial charge in [0.2, 0.25) is 0 Å². The van der Waals surface area contributed by atoms with E-state index < -0.39 is 9.84 Å². The minimum absolute atomic E-state index is 0.197. The van der Waals surface area contributed by atoms with E-state index in [9.17, 15) is 8.42 Å². The van der Waals surface area contributed by atoms with Gasteiger partial charge in [-0.25, -0.2) is 8.42 Å². The highest BCUT2D eigenvalue weighted by atomic mass is 35.5. The lowest BCUT2D eigenvalue weighted by Crippen LogP contribution is -2.33. The van der Waals surface area contributed by atoms with Crippen molar-refractivity contribution in [3.05, 3.63) is 0 Å². The van der Waals surface area contributed by atoms with Crippen molar-refractivity contribution in [1.82, 2.24) is 0 Å². The molecule has 0 aromatic carbocycles. The van der Waals surface area contributed by atoms with Gasteiger partial charge in [-0.2, -0.15) is 0 Å². The van der Waals surface area contributed by atoms with Crippen LogP contribution in [0.1, 0.15) is 39.5 Å². The van der Waals surface area contributed by atoms with Crippen LogP contribution < -0.4 is 0 Å². The van der Waals surface area contributed by atoms with E-state index in [0.717, 1.165) is 25.2 Å². The zero-order valence-electron chi connectivity index (χ0n) is 10.7. The van der Waals surface area contributed by atoms with Gasteiger partial charge >= 0.3 is 0 Å². The molecule has 1 saturated heterocycles. The monoisotopic (exact) mass is 278 g/mol. The van der Waals surface area contributed by atoms with Crippen molar-refractivity contribution < 1.29 is 8.42 Å². The van der Waals surface area contributed by atoms with Gasteiger partial charge in [-0.05, 0) is 49.4 Å². The highest BCUT2D eigenvalue weighted by molar-refractivity contribution is 7.91. The summed E-state index contributed by atoms with van der Waals surface area (Å²) in [6.07, 6.45) is 4.24. The Balaban J connectivity index is 2.03. The van der Waals surface area contributed by atoms with E-state index in [1.165, 1.54) is 6.42 Å². The van der Waals surface area contributed by atoms with Gasteiger partial charge in [0.1, 0.15) is 0 Å². The minimum Gasteiger partial charge on any atom is -0.229 e. The highest BCUT2D eigenvalue weighted by Gasteiger charge is 2.40. The minimum atomic E-state index is -2.76. The van der Waals surface area contributed by atoms with Crippen LogP contribution in [0.25, 0.3) is 0 Å². The summed E-state index contributed by atoms with van der Waals surface area (Å²) in [6.45, 7) is 4.53. The van der Waals surface area contributed by atoms with E-state index in [-0.39, 0.29) is 5.38 Å². The molecule has 2 nitrogen and oxygen atoms in total. The van der Waals surface area contributed by atoms with E-state index in [1.807, 2.05) is 0 Å². The first-order chi connectivity index (χ1) is 7.89. The lowest BCUT2D eigenvalue weighted by Gasteiger charge is -2.37. The van der Waals surface area contributed by atoms with Crippen LogP contribution in [0.2, 0.25) is 0 Å². The van der Waals surface area contributed by atoms with Crippen molar-refractivity contribution in [3.8, 4) is 0 Å². The quantitative estimate of drug-likeness (QED) is 0.728. The Labute approximate surface area is 110 Å². The largest absolute Gasteiger partial charge is 0.229 e. The molecule has 0 aromatic heterocycles. The van der Waals surface area contributed by atoms with E-state index in [4.69, 9.17) is 11.6 Å². The van der Waals surface area contributed by atoms with Crippen molar-refractivity contribution in [1.29, 1.82) is 0 Å². The van der Waals surface area contributed by atoms with Crippen LogP contribution >= 0.6 is 11.6 Å². The maximum atomic E-state index is 11.6. The summed E-state index contributed by atoms with van der Waals surface area (Å²) in [5.74, 6) is 2.94. The Morgan fingerprint density at radius 1 is 1.18 bits per heavy atom. The average molecular weight is 279 g/mol. The van der Waals surface area contributed by atoms with Crippen LogP contribution in [-0.2, 0) is 9.84 Å². The second-order valence-electron chi connectivity index (χ2n) is 6.16. The third kappa shape index (κ3) is 3.17. The third-order valence-electron chi connectivity index (χ3n) is 4.67. The summed E-state index contributed by atoms with van der Waals surface area (Å²) < 4.78 is 23.1. The highest BCUT2D eigenvalue weighted by Crippen LogP contribution is 2.43. The number of halogens is 1. The first kappa shape index (κ1) is 13.7. The number of hydrogen-bond donors (Lipinski definition) is 0. The van der Waals surface area contributed by atoms with Gasteiger partial charge in [-0.15, -0.1) is 11.6 Å². The smallest absolute Gasteiger partial charge is 0.150 e. The standard InChI is InChI=1S/C13H23ClO2S/c1-9(2)10-3-4-13(14)12(7-10)11-5-6-17(15,16)8-11/h9-13H,3-8H2,1-2H3. The fourth-order valence-corrected chi connectivity index (χ4v) is 5.79. The van der Waals surface area contributed by atoms with Gasteiger partial charge in [0.05, 0.1) is 11.5 Å². The van der Waals surface area contributed by atoms with Gasteiger partial charge in [0.15, 0.2) is 9.84 Å². The van der Waals surface area contributed by atoms with Gasteiger partial charge in [0, 0.05) is 5.38 Å². The molecule has 1 heterocycles. The predicted molar refractivity (Wildman–Crippen MR) is 72.1 cm³/mol. The second-order valence-corrected chi connectivity index (χ2v) is 8.95. The fraction of sp³-hybridized carbons (Fsp3) is 1.00. The molecule has 4 unspecified atom stereocenters. The third-order valence-corrected chi connectivity index (χ3v) is 7.00. The molecule has 2 rings (SSSR count). The number of alkyl halides is 1. The summed E-state index contributed by atoms with van der Waals surface area (Å²) >= 11 is 6.43. The summed E-state index contributed by atoms with van der Waals surface area (Å²) in [4.78, 5) is 0. The molecule has 17 heavy (non-hydrogen) atoms. The SMILES string of the molecule is CC(C)C1CCC(Cl)C(C2CCS(=O)(=O)C2)C1. The Bertz CT molecular complexity index is 364. The summed E-state index contributed by atoms with van der Waals surface area (Å²) in [5, 5.41) is 0.197. The van der Waals surface area contributed by atoms with Crippen molar-refractivity contribution in [2.24, 2.45) is 23.7 Å².